The number of hydrogen-bond donors (Lipinski definition) is 1. The molecule has 18 heavy (non-hydrogen) atoms. The van der Waals surface area contributed by atoms with Crippen LogP contribution in [-0.2, 0) is 27.8 Å². The molecule has 0 bridgehead atoms. The number of carboxylic acids is 1. The number of hydrogen-bond acceptors (Lipinski definition) is 5. The summed E-state index contributed by atoms with van der Waals surface area (Å²) < 4.78 is 6.32. The number of carboxylic acid groups (broad SMARTS) is 1. The van der Waals surface area contributed by atoms with Crippen molar-refractivity contribution in [2.75, 3.05) is 6.61 Å². The van der Waals surface area contributed by atoms with Crippen LogP contribution >= 0.6 is 0 Å². The Morgan fingerprint density at radius 3 is 2.56 bits per heavy atom. The van der Waals surface area contributed by atoms with Crippen molar-refractivity contribution >= 4 is 11.9 Å². The minimum atomic E-state index is -1.59. The van der Waals surface area contributed by atoms with Crippen LogP contribution in [0.4, 0.5) is 0 Å². The molecular formula is C11H17N3O4. The van der Waals surface area contributed by atoms with Crippen molar-refractivity contribution in [3.63, 3.8) is 0 Å². The number of ether oxygens (including phenoxy) is 1. The molecule has 1 N–H and O–H groups in total. The number of nitrogens with zero attached hydrogens (tertiary/aromatic N) is 3. The summed E-state index contributed by atoms with van der Waals surface area (Å²) in [7, 11) is 1.68. The second kappa shape index (κ2) is 5.61. The van der Waals surface area contributed by atoms with Gasteiger partial charge in [0.25, 0.3) is 0 Å². The number of esters is 1. The third-order valence-electron chi connectivity index (χ3n) is 2.81. The lowest BCUT2D eigenvalue weighted by Gasteiger charge is -2.24. The van der Waals surface area contributed by atoms with E-state index in [4.69, 9.17) is 4.74 Å². The van der Waals surface area contributed by atoms with Gasteiger partial charge in [-0.15, -0.1) is 5.10 Å². The van der Waals surface area contributed by atoms with Gasteiger partial charge in [-0.2, -0.15) is 0 Å². The smallest absolute Gasteiger partial charge is 0.323 e. The van der Waals surface area contributed by atoms with Crippen LogP contribution in [-0.4, -0.2) is 38.6 Å². The average Bonchev–Trinajstić information content (AvgIpc) is 2.71. The van der Waals surface area contributed by atoms with E-state index in [0.29, 0.717) is 5.69 Å². The van der Waals surface area contributed by atoms with Gasteiger partial charge in [-0.25, -0.2) is 0 Å². The fourth-order valence-corrected chi connectivity index (χ4v) is 1.71. The fraction of sp³-hybridized carbons (Fsp3) is 0.636. The predicted octanol–water partition coefficient (Wildman–Crippen LogP) is 0.402. The van der Waals surface area contributed by atoms with E-state index >= 15 is 0 Å². The first-order valence-corrected chi connectivity index (χ1v) is 5.72. The van der Waals surface area contributed by atoms with Gasteiger partial charge in [0.15, 0.2) is 5.41 Å². The summed E-state index contributed by atoms with van der Waals surface area (Å²) in [6.07, 6.45) is 1.70. The molecule has 1 atom stereocenters. The van der Waals surface area contributed by atoms with E-state index in [1.807, 2.05) is 0 Å². The minimum absolute atomic E-state index is 0.0223. The van der Waals surface area contributed by atoms with Crippen molar-refractivity contribution in [3.8, 4) is 0 Å². The highest BCUT2D eigenvalue weighted by atomic mass is 16.5. The van der Waals surface area contributed by atoms with Crippen LogP contribution in [0.25, 0.3) is 0 Å². The summed E-state index contributed by atoms with van der Waals surface area (Å²) in [5.41, 5.74) is -1.14. The van der Waals surface area contributed by atoms with E-state index in [1.54, 1.807) is 27.1 Å². The van der Waals surface area contributed by atoms with Crippen LogP contribution in [0.2, 0.25) is 0 Å². The van der Waals surface area contributed by atoms with E-state index in [9.17, 15) is 14.7 Å². The Morgan fingerprint density at radius 1 is 1.50 bits per heavy atom. The number of rotatable bonds is 6. The second-order valence-corrected chi connectivity index (χ2v) is 4.02. The molecule has 100 valence electrons. The van der Waals surface area contributed by atoms with Crippen molar-refractivity contribution in [2.24, 2.45) is 12.5 Å². The van der Waals surface area contributed by atoms with Gasteiger partial charge in [-0.1, -0.05) is 12.1 Å². The number of aliphatic carboxylic acids is 1. The van der Waals surface area contributed by atoms with E-state index in [1.165, 1.54) is 4.68 Å². The molecular weight excluding hydrogens is 238 g/mol. The highest BCUT2D eigenvalue weighted by Gasteiger charge is 2.46. The van der Waals surface area contributed by atoms with Crippen molar-refractivity contribution in [3.05, 3.63) is 11.9 Å². The van der Waals surface area contributed by atoms with Crippen molar-refractivity contribution in [1.82, 2.24) is 15.0 Å². The summed E-state index contributed by atoms with van der Waals surface area (Å²) in [4.78, 5) is 23.3. The summed E-state index contributed by atoms with van der Waals surface area (Å²) in [6, 6.07) is 0. The maximum atomic E-state index is 11.9. The van der Waals surface area contributed by atoms with Crippen LogP contribution in [0, 0.1) is 5.41 Å². The first-order chi connectivity index (χ1) is 8.46. The van der Waals surface area contributed by atoms with Crippen LogP contribution in [0.15, 0.2) is 6.20 Å². The Kier molecular flexibility index (Phi) is 4.41. The number of carbonyl (C=O) groups excluding carboxylic acids is 1. The monoisotopic (exact) mass is 255 g/mol. The predicted molar refractivity (Wildman–Crippen MR) is 61.7 cm³/mol. The normalized spacial score (nSPS) is 13.9. The molecule has 1 rings (SSSR count). The van der Waals surface area contributed by atoms with Gasteiger partial charge in [0.05, 0.1) is 12.3 Å². The molecule has 0 aliphatic carbocycles. The van der Waals surface area contributed by atoms with Gasteiger partial charge in [-0.3, -0.25) is 14.3 Å². The first kappa shape index (κ1) is 14.1. The SMILES string of the molecule is CCOC(=O)C(CC)(Cc1cn(C)nn1)C(=O)O. The summed E-state index contributed by atoms with van der Waals surface area (Å²) >= 11 is 0. The van der Waals surface area contributed by atoms with Gasteiger partial charge in [0.1, 0.15) is 0 Å². The highest BCUT2D eigenvalue weighted by Crippen LogP contribution is 2.28. The molecule has 0 aliphatic heterocycles. The number of aromatic nitrogens is 3. The molecule has 0 spiro atoms. The Hall–Kier alpha value is -1.92. The van der Waals surface area contributed by atoms with Gasteiger partial charge in [-0.05, 0) is 13.3 Å². The molecule has 0 aromatic carbocycles. The standard InChI is InChI=1S/C11H17N3O4/c1-4-11(9(15)16,10(17)18-5-2)6-8-7-14(3)13-12-8/h7H,4-6H2,1-3H3,(H,15,16). The fourth-order valence-electron chi connectivity index (χ4n) is 1.71. The maximum absolute atomic E-state index is 11.9. The van der Waals surface area contributed by atoms with E-state index in [-0.39, 0.29) is 19.4 Å². The number of aryl methyl sites for hydroxylation is 1. The second-order valence-electron chi connectivity index (χ2n) is 4.02. The molecule has 0 saturated carbocycles. The Balaban J connectivity index is 3.04. The van der Waals surface area contributed by atoms with Gasteiger partial charge < -0.3 is 9.84 Å². The van der Waals surface area contributed by atoms with Crippen molar-refractivity contribution in [1.29, 1.82) is 0 Å². The average molecular weight is 255 g/mol. The lowest BCUT2D eigenvalue weighted by Crippen LogP contribution is -2.42. The topological polar surface area (TPSA) is 94.3 Å². The van der Waals surface area contributed by atoms with Crippen LogP contribution in [0.3, 0.4) is 0 Å². The molecule has 7 nitrogen and oxygen atoms in total. The zero-order valence-corrected chi connectivity index (χ0v) is 10.7. The van der Waals surface area contributed by atoms with E-state index in [0.717, 1.165) is 0 Å². The lowest BCUT2D eigenvalue weighted by atomic mass is 9.81. The third-order valence-corrected chi connectivity index (χ3v) is 2.81. The van der Waals surface area contributed by atoms with Crippen molar-refractivity contribution in [2.45, 2.75) is 26.7 Å². The van der Waals surface area contributed by atoms with Crippen LogP contribution in [0.1, 0.15) is 26.0 Å². The lowest BCUT2D eigenvalue weighted by molar-refractivity contribution is -0.169. The van der Waals surface area contributed by atoms with Crippen molar-refractivity contribution < 1.29 is 19.4 Å². The van der Waals surface area contributed by atoms with Gasteiger partial charge in [0.2, 0.25) is 0 Å². The van der Waals surface area contributed by atoms with Gasteiger partial charge >= 0.3 is 11.9 Å². The molecule has 0 fully saturated rings. The van der Waals surface area contributed by atoms with Gasteiger partial charge in [0, 0.05) is 19.7 Å². The zero-order chi connectivity index (χ0) is 13.8. The molecule has 1 heterocycles. The molecule has 1 aromatic rings. The molecule has 0 radical (unpaired) electrons. The molecule has 1 aromatic heterocycles. The van der Waals surface area contributed by atoms with E-state index in [2.05, 4.69) is 10.3 Å². The molecule has 0 saturated heterocycles. The Labute approximate surface area is 105 Å². The Morgan fingerprint density at radius 2 is 2.17 bits per heavy atom. The van der Waals surface area contributed by atoms with Crippen LogP contribution in [0.5, 0.6) is 0 Å². The largest absolute Gasteiger partial charge is 0.480 e. The molecule has 1 unspecified atom stereocenters. The summed E-state index contributed by atoms with van der Waals surface area (Å²) in [5, 5.41) is 16.9. The summed E-state index contributed by atoms with van der Waals surface area (Å²) in [6.45, 7) is 3.43. The molecule has 0 amide bonds. The zero-order valence-electron chi connectivity index (χ0n) is 10.7. The summed E-state index contributed by atoms with van der Waals surface area (Å²) in [5.74, 6) is -1.93. The molecule has 7 heteroatoms. The maximum Gasteiger partial charge on any atom is 0.323 e. The molecule has 0 aliphatic rings. The minimum Gasteiger partial charge on any atom is -0.480 e. The Bertz CT molecular complexity index is 443. The first-order valence-electron chi connectivity index (χ1n) is 5.72. The quantitative estimate of drug-likeness (QED) is 0.584. The third kappa shape index (κ3) is 2.66. The highest BCUT2D eigenvalue weighted by molar-refractivity contribution is 5.99. The van der Waals surface area contributed by atoms with E-state index < -0.39 is 17.4 Å². The number of carbonyl (C=O) groups is 2. The van der Waals surface area contributed by atoms with Crippen LogP contribution < -0.4 is 0 Å².